The number of nitrogens with zero attached hydrogens (tertiary/aromatic N) is 2. The normalized spacial score (nSPS) is 21.9. The van der Waals surface area contributed by atoms with Gasteiger partial charge in [-0.3, -0.25) is 4.90 Å². The van der Waals surface area contributed by atoms with Crippen molar-refractivity contribution >= 4 is 5.84 Å². The standard InChI is InChI=1S/C8H14F3N3O/c9-8(10,11)6-1-3-14(4-2-6)5-7(12)13-15/h6,15H,1-5H2,(H2,12,13). The summed E-state index contributed by atoms with van der Waals surface area (Å²) in [6.45, 7) is 0.891. The molecule has 0 bridgehead atoms. The van der Waals surface area contributed by atoms with E-state index in [-0.39, 0.29) is 25.2 Å². The molecule has 3 N–H and O–H groups in total. The summed E-state index contributed by atoms with van der Waals surface area (Å²) in [6.07, 6.45) is -3.92. The van der Waals surface area contributed by atoms with Crippen molar-refractivity contribution < 1.29 is 18.4 Å². The molecule has 1 aliphatic heterocycles. The lowest BCUT2D eigenvalue weighted by atomic mass is 9.96. The molecule has 0 radical (unpaired) electrons. The van der Waals surface area contributed by atoms with Crippen molar-refractivity contribution in [1.29, 1.82) is 0 Å². The van der Waals surface area contributed by atoms with Gasteiger partial charge < -0.3 is 10.9 Å². The molecule has 1 saturated heterocycles. The molecule has 0 aliphatic carbocycles. The Labute approximate surface area is 85.5 Å². The minimum atomic E-state index is -4.09. The molecule has 0 unspecified atom stereocenters. The quantitative estimate of drug-likeness (QED) is 0.319. The van der Waals surface area contributed by atoms with Gasteiger partial charge in [-0.05, 0) is 25.9 Å². The van der Waals surface area contributed by atoms with Gasteiger partial charge in [-0.2, -0.15) is 13.2 Å². The van der Waals surface area contributed by atoms with E-state index in [0.29, 0.717) is 13.1 Å². The number of hydrogen-bond donors (Lipinski definition) is 2. The average molecular weight is 225 g/mol. The summed E-state index contributed by atoms with van der Waals surface area (Å²) in [5.41, 5.74) is 5.26. The lowest BCUT2D eigenvalue weighted by molar-refractivity contribution is -0.184. The molecule has 0 aromatic carbocycles. The van der Waals surface area contributed by atoms with Crippen LogP contribution < -0.4 is 5.73 Å². The third kappa shape index (κ3) is 3.58. The number of hydrogen-bond acceptors (Lipinski definition) is 3. The van der Waals surface area contributed by atoms with E-state index < -0.39 is 12.1 Å². The van der Waals surface area contributed by atoms with Crippen LogP contribution in [0, 0.1) is 5.92 Å². The molecule has 0 aromatic rings. The second-order valence-electron chi connectivity index (χ2n) is 3.68. The van der Waals surface area contributed by atoms with Crippen LogP contribution in [0.5, 0.6) is 0 Å². The molecule has 1 fully saturated rings. The molecule has 4 nitrogen and oxygen atoms in total. The zero-order valence-electron chi connectivity index (χ0n) is 8.17. The minimum absolute atomic E-state index is 0.0282. The monoisotopic (exact) mass is 225 g/mol. The van der Waals surface area contributed by atoms with Gasteiger partial charge in [0.15, 0.2) is 5.84 Å². The summed E-state index contributed by atoms with van der Waals surface area (Å²) in [4.78, 5) is 1.75. The predicted molar refractivity (Wildman–Crippen MR) is 48.6 cm³/mol. The third-order valence-corrected chi connectivity index (χ3v) is 2.56. The van der Waals surface area contributed by atoms with E-state index in [9.17, 15) is 13.2 Å². The van der Waals surface area contributed by atoms with Crippen molar-refractivity contribution in [3.63, 3.8) is 0 Å². The Morgan fingerprint density at radius 1 is 1.40 bits per heavy atom. The topological polar surface area (TPSA) is 61.8 Å². The van der Waals surface area contributed by atoms with Gasteiger partial charge in [-0.15, -0.1) is 0 Å². The molecular weight excluding hydrogens is 211 g/mol. The molecule has 0 spiro atoms. The molecule has 1 heterocycles. The van der Waals surface area contributed by atoms with Crippen LogP contribution in [0.2, 0.25) is 0 Å². The summed E-state index contributed by atoms with van der Waals surface area (Å²) in [5, 5.41) is 11.1. The largest absolute Gasteiger partial charge is 0.409 e. The average Bonchev–Trinajstić information content (AvgIpc) is 2.17. The highest BCUT2D eigenvalue weighted by atomic mass is 19.4. The van der Waals surface area contributed by atoms with Crippen LogP contribution in [0.1, 0.15) is 12.8 Å². The maximum atomic E-state index is 12.3. The Hall–Kier alpha value is -0.980. The van der Waals surface area contributed by atoms with Crippen molar-refractivity contribution in [1.82, 2.24) is 4.90 Å². The highest BCUT2D eigenvalue weighted by Crippen LogP contribution is 2.33. The van der Waals surface area contributed by atoms with Crippen LogP contribution >= 0.6 is 0 Å². The fourth-order valence-electron chi connectivity index (χ4n) is 1.68. The summed E-state index contributed by atoms with van der Waals surface area (Å²) in [6, 6.07) is 0. The van der Waals surface area contributed by atoms with E-state index in [1.54, 1.807) is 4.90 Å². The van der Waals surface area contributed by atoms with Crippen LogP contribution in [0.3, 0.4) is 0 Å². The maximum Gasteiger partial charge on any atom is 0.391 e. The third-order valence-electron chi connectivity index (χ3n) is 2.56. The van der Waals surface area contributed by atoms with E-state index >= 15 is 0 Å². The van der Waals surface area contributed by atoms with Gasteiger partial charge in [0.05, 0.1) is 12.5 Å². The summed E-state index contributed by atoms with van der Waals surface area (Å²) in [7, 11) is 0. The lowest BCUT2D eigenvalue weighted by Crippen LogP contribution is -2.42. The second-order valence-corrected chi connectivity index (χ2v) is 3.68. The van der Waals surface area contributed by atoms with E-state index in [1.807, 2.05) is 0 Å². The first kappa shape index (κ1) is 12.1. The van der Waals surface area contributed by atoms with Crippen LogP contribution in [0.15, 0.2) is 5.16 Å². The SMILES string of the molecule is N/C(CN1CCC(C(F)(F)F)CC1)=N\O. The molecular formula is C8H14F3N3O. The first-order valence-corrected chi connectivity index (χ1v) is 4.69. The summed E-state index contributed by atoms with van der Waals surface area (Å²) >= 11 is 0. The number of likely N-dealkylation sites (tertiary alicyclic amines) is 1. The highest BCUT2D eigenvalue weighted by Gasteiger charge is 2.40. The van der Waals surface area contributed by atoms with Crippen molar-refractivity contribution in [3.8, 4) is 0 Å². The second kappa shape index (κ2) is 4.69. The Balaban J connectivity index is 2.36. The summed E-state index contributed by atoms with van der Waals surface area (Å²) < 4.78 is 36.9. The van der Waals surface area contributed by atoms with Crippen LogP contribution in [-0.4, -0.2) is 41.8 Å². The van der Waals surface area contributed by atoms with Gasteiger partial charge in [-0.25, -0.2) is 0 Å². The molecule has 15 heavy (non-hydrogen) atoms. The molecule has 88 valence electrons. The van der Waals surface area contributed by atoms with Gasteiger partial charge in [0.25, 0.3) is 0 Å². The molecule has 0 aromatic heterocycles. The number of halogens is 3. The zero-order valence-corrected chi connectivity index (χ0v) is 8.17. The van der Waals surface area contributed by atoms with Gasteiger partial charge in [-0.1, -0.05) is 5.16 Å². The van der Waals surface area contributed by atoms with Crippen LogP contribution in [0.4, 0.5) is 13.2 Å². The number of nitrogens with two attached hydrogens (primary N) is 1. The number of rotatable bonds is 2. The smallest absolute Gasteiger partial charge is 0.391 e. The van der Waals surface area contributed by atoms with E-state index in [0.717, 1.165) is 0 Å². The van der Waals surface area contributed by atoms with Crippen LogP contribution in [-0.2, 0) is 0 Å². The number of amidine groups is 1. The van der Waals surface area contributed by atoms with E-state index in [4.69, 9.17) is 10.9 Å². The number of oxime groups is 1. The molecule has 1 rings (SSSR count). The van der Waals surface area contributed by atoms with Gasteiger partial charge in [0.2, 0.25) is 0 Å². The van der Waals surface area contributed by atoms with Gasteiger partial charge in [0, 0.05) is 0 Å². The Kier molecular flexibility index (Phi) is 3.78. The van der Waals surface area contributed by atoms with Crippen molar-refractivity contribution in [2.75, 3.05) is 19.6 Å². The van der Waals surface area contributed by atoms with E-state index in [2.05, 4.69) is 5.16 Å². The molecule has 1 aliphatic rings. The molecule has 0 atom stereocenters. The Morgan fingerprint density at radius 2 is 1.93 bits per heavy atom. The van der Waals surface area contributed by atoms with Crippen molar-refractivity contribution in [2.45, 2.75) is 19.0 Å². The molecule has 0 amide bonds. The maximum absolute atomic E-state index is 12.3. The number of piperidine rings is 1. The van der Waals surface area contributed by atoms with Crippen molar-refractivity contribution in [2.24, 2.45) is 16.8 Å². The fraction of sp³-hybridized carbons (Fsp3) is 0.875. The fourth-order valence-corrected chi connectivity index (χ4v) is 1.68. The zero-order chi connectivity index (χ0) is 11.5. The van der Waals surface area contributed by atoms with Crippen molar-refractivity contribution in [3.05, 3.63) is 0 Å². The Bertz CT molecular complexity index is 234. The molecule has 7 heteroatoms. The minimum Gasteiger partial charge on any atom is -0.409 e. The first-order chi connectivity index (χ1) is 6.93. The highest BCUT2D eigenvalue weighted by molar-refractivity contribution is 5.81. The van der Waals surface area contributed by atoms with Crippen LogP contribution in [0.25, 0.3) is 0 Å². The first-order valence-electron chi connectivity index (χ1n) is 4.69. The summed E-state index contributed by atoms with van der Waals surface area (Å²) in [5.74, 6) is -1.18. The lowest BCUT2D eigenvalue weighted by Gasteiger charge is -2.32. The Morgan fingerprint density at radius 3 is 2.33 bits per heavy atom. The van der Waals surface area contributed by atoms with Gasteiger partial charge >= 0.3 is 6.18 Å². The predicted octanol–water partition coefficient (Wildman–Crippen LogP) is 1.01. The van der Waals surface area contributed by atoms with E-state index in [1.165, 1.54) is 0 Å². The number of alkyl halides is 3. The van der Waals surface area contributed by atoms with Gasteiger partial charge in [0.1, 0.15) is 0 Å². The molecule has 0 saturated carbocycles.